The first-order chi connectivity index (χ1) is 11.7. The molecule has 24 heavy (non-hydrogen) atoms. The molecule has 132 valence electrons. The number of hydrogen-bond acceptors (Lipinski definition) is 5. The molecule has 0 bridgehead atoms. The summed E-state index contributed by atoms with van der Waals surface area (Å²) in [6.45, 7) is 4.74. The lowest BCUT2D eigenvalue weighted by molar-refractivity contribution is -0.142. The van der Waals surface area contributed by atoms with Gasteiger partial charge in [-0.2, -0.15) is 0 Å². The van der Waals surface area contributed by atoms with Crippen LogP contribution in [0.4, 0.5) is 0 Å². The molecule has 2 heterocycles. The van der Waals surface area contributed by atoms with Crippen LogP contribution in [-0.4, -0.2) is 68.8 Å². The van der Waals surface area contributed by atoms with Gasteiger partial charge < -0.3 is 19.1 Å². The molecule has 6 heteroatoms. The minimum atomic E-state index is -0.213. The molecule has 2 aliphatic heterocycles. The first kappa shape index (κ1) is 17.0. The van der Waals surface area contributed by atoms with E-state index >= 15 is 0 Å². The van der Waals surface area contributed by atoms with E-state index in [2.05, 4.69) is 4.90 Å². The summed E-state index contributed by atoms with van der Waals surface area (Å²) in [6, 6.07) is 5.86. The highest BCUT2D eigenvalue weighted by Crippen LogP contribution is 2.26. The Morgan fingerprint density at radius 2 is 2.00 bits per heavy atom. The highest BCUT2D eigenvalue weighted by Gasteiger charge is 2.30. The maximum atomic E-state index is 12.4. The summed E-state index contributed by atoms with van der Waals surface area (Å²) in [5.74, 6) is 1.86. The smallest absolute Gasteiger partial charge is 0.251 e. The summed E-state index contributed by atoms with van der Waals surface area (Å²) >= 11 is 0. The molecule has 2 fully saturated rings. The average Bonchev–Trinajstić information content (AvgIpc) is 3.16. The number of benzene rings is 1. The quantitative estimate of drug-likeness (QED) is 0.817. The second-order valence-corrected chi connectivity index (χ2v) is 6.28. The molecule has 0 saturated carbocycles. The molecule has 2 saturated heterocycles. The van der Waals surface area contributed by atoms with Crippen molar-refractivity contribution < 1.29 is 19.0 Å². The second kappa shape index (κ2) is 7.85. The van der Waals surface area contributed by atoms with Crippen LogP contribution >= 0.6 is 0 Å². The third-order valence-electron chi connectivity index (χ3n) is 4.77. The van der Waals surface area contributed by atoms with E-state index in [1.807, 2.05) is 23.1 Å². The maximum absolute atomic E-state index is 12.4. The lowest BCUT2D eigenvalue weighted by Gasteiger charge is -2.36. The van der Waals surface area contributed by atoms with Crippen LogP contribution in [0.15, 0.2) is 18.2 Å². The molecule has 1 aromatic carbocycles. The minimum absolute atomic E-state index is 0.158. The number of rotatable bonds is 5. The molecule has 1 atom stereocenters. The van der Waals surface area contributed by atoms with E-state index in [1.54, 1.807) is 14.2 Å². The number of nitrogens with zero attached hydrogens (tertiary/aromatic N) is 2. The second-order valence-electron chi connectivity index (χ2n) is 6.28. The number of carbonyl (C=O) groups is 1. The Hall–Kier alpha value is -1.79. The van der Waals surface area contributed by atoms with Crippen molar-refractivity contribution in [2.45, 2.75) is 25.5 Å². The largest absolute Gasteiger partial charge is 0.497 e. The minimum Gasteiger partial charge on any atom is -0.497 e. The monoisotopic (exact) mass is 334 g/mol. The fraction of sp³-hybridized carbons (Fsp3) is 0.611. The van der Waals surface area contributed by atoms with E-state index in [4.69, 9.17) is 14.2 Å². The Kier molecular flexibility index (Phi) is 5.58. The van der Waals surface area contributed by atoms with Crippen LogP contribution in [-0.2, 0) is 16.1 Å². The summed E-state index contributed by atoms with van der Waals surface area (Å²) in [5.41, 5.74) is 1.11. The number of hydrogen-bond donors (Lipinski definition) is 0. The van der Waals surface area contributed by atoms with E-state index in [0.29, 0.717) is 6.61 Å². The first-order valence-corrected chi connectivity index (χ1v) is 8.55. The fourth-order valence-electron chi connectivity index (χ4n) is 3.35. The SMILES string of the molecule is COc1ccc(OC)c(CN2CCN(C(=O)[C@H]3CCCO3)CC2)c1. The molecule has 0 radical (unpaired) electrons. The summed E-state index contributed by atoms with van der Waals surface area (Å²) in [5, 5.41) is 0. The van der Waals surface area contributed by atoms with Crippen LogP contribution in [0, 0.1) is 0 Å². The van der Waals surface area contributed by atoms with Gasteiger partial charge in [-0.3, -0.25) is 9.69 Å². The van der Waals surface area contributed by atoms with E-state index in [-0.39, 0.29) is 12.0 Å². The topological polar surface area (TPSA) is 51.2 Å². The van der Waals surface area contributed by atoms with Crippen LogP contribution in [0.25, 0.3) is 0 Å². The number of carbonyl (C=O) groups excluding carboxylic acids is 1. The Bertz CT molecular complexity index is 564. The molecule has 6 nitrogen and oxygen atoms in total. The fourth-order valence-corrected chi connectivity index (χ4v) is 3.35. The highest BCUT2D eigenvalue weighted by atomic mass is 16.5. The van der Waals surface area contributed by atoms with Crippen LogP contribution in [0.3, 0.4) is 0 Å². The maximum Gasteiger partial charge on any atom is 0.251 e. The van der Waals surface area contributed by atoms with E-state index in [1.165, 1.54) is 0 Å². The van der Waals surface area contributed by atoms with Gasteiger partial charge in [0.25, 0.3) is 5.91 Å². The van der Waals surface area contributed by atoms with Gasteiger partial charge in [-0.1, -0.05) is 0 Å². The van der Waals surface area contributed by atoms with E-state index in [9.17, 15) is 4.79 Å². The van der Waals surface area contributed by atoms with Gasteiger partial charge in [0.1, 0.15) is 17.6 Å². The Labute approximate surface area is 143 Å². The van der Waals surface area contributed by atoms with Gasteiger partial charge in [-0.25, -0.2) is 0 Å². The standard InChI is InChI=1S/C18H26N2O4/c1-22-15-5-6-16(23-2)14(12-15)13-19-7-9-20(10-8-19)18(21)17-4-3-11-24-17/h5-6,12,17H,3-4,7-11,13H2,1-2H3/t17-/m1/s1. The van der Waals surface area contributed by atoms with Gasteiger partial charge in [-0.15, -0.1) is 0 Å². The van der Waals surface area contributed by atoms with Gasteiger partial charge in [0.15, 0.2) is 0 Å². The summed E-state index contributed by atoms with van der Waals surface area (Å²) in [7, 11) is 3.35. The number of piperazine rings is 1. The summed E-state index contributed by atoms with van der Waals surface area (Å²) in [6.07, 6.45) is 1.64. The van der Waals surface area contributed by atoms with Crippen molar-refractivity contribution in [1.82, 2.24) is 9.80 Å². The van der Waals surface area contributed by atoms with Crippen molar-refractivity contribution >= 4 is 5.91 Å². The van der Waals surface area contributed by atoms with Gasteiger partial charge in [-0.05, 0) is 31.0 Å². The molecule has 0 N–H and O–H groups in total. The first-order valence-electron chi connectivity index (χ1n) is 8.55. The molecule has 0 aliphatic carbocycles. The molecule has 1 aromatic rings. The summed E-state index contributed by atoms with van der Waals surface area (Å²) in [4.78, 5) is 16.7. The zero-order chi connectivity index (χ0) is 16.9. The van der Waals surface area contributed by atoms with Gasteiger partial charge >= 0.3 is 0 Å². The van der Waals surface area contributed by atoms with Crippen LogP contribution in [0.2, 0.25) is 0 Å². The number of amides is 1. The molecule has 0 unspecified atom stereocenters. The van der Waals surface area contributed by atoms with E-state index < -0.39 is 0 Å². The zero-order valence-corrected chi connectivity index (χ0v) is 14.5. The molecular weight excluding hydrogens is 308 g/mol. The third-order valence-corrected chi connectivity index (χ3v) is 4.77. The van der Waals surface area contributed by atoms with Crippen molar-refractivity contribution in [3.63, 3.8) is 0 Å². The number of ether oxygens (including phenoxy) is 3. The van der Waals surface area contributed by atoms with Crippen LogP contribution in [0.1, 0.15) is 18.4 Å². The van der Waals surface area contributed by atoms with Gasteiger partial charge in [0.05, 0.1) is 14.2 Å². The average molecular weight is 334 g/mol. The van der Waals surface area contributed by atoms with Crippen LogP contribution < -0.4 is 9.47 Å². The van der Waals surface area contributed by atoms with Crippen molar-refractivity contribution in [2.24, 2.45) is 0 Å². The summed E-state index contributed by atoms with van der Waals surface area (Å²) < 4.78 is 16.3. The molecular formula is C18H26N2O4. The molecule has 0 spiro atoms. The molecule has 1 amide bonds. The molecule has 3 rings (SSSR count). The van der Waals surface area contributed by atoms with Crippen molar-refractivity contribution in [2.75, 3.05) is 47.0 Å². The Morgan fingerprint density at radius 1 is 1.21 bits per heavy atom. The van der Waals surface area contributed by atoms with Crippen molar-refractivity contribution in [3.05, 3.63) is 23.8 Å². The Balaban J connectivity index is 1.56. The van der Waals surface area contributed by atoms with Crippen molar-refractivity contribution in [1.29, 1.82) is 0 Å². The third kappa shape index (κ3) is 3.82. The van der Waals surface area contributed by atoms with Crippen LogP contribution in [0.5, 0.6) is 11.5 Å². The van der Waals surface area contributed by atoms with Crippen molar-refractivity contribution in [3.8, 4) is 11.5 Å². The molecule has 0 aromatic heterocycles. The predicted molar refractivity (Wildman–Crippen MR) is 90.4 cm³/mol. The zero-order valence-electron chi connectivity index (χ0n) is 14.5. The van der Waals surface area contributed by atoms with Gasteiger partial charge in [0.2, 0.25) is 0 Å². The lowest BCUT2D eigenvalue weighted by atomic mass is 10.1. The lowest BCUT2D eigenvalue weighted by Crippen LogP contribution is -2.51. The predicted octanol–water partition coefficient (Wildman–Crippen LogP) is 1.53. The molecule has 2 aliphatic rings. The van der Waals surface area contributed by atoms with Gasteiger partial charge in [0, 0.05) is 44.9 Å². The Morgan fingerprint density at radius 3 is 2.62 bits per heavy atom. The van der Waals surface area contributed by atoms with E-state index in [0.717, 1.165) is 62.6 Å². The normalized spacial score (nSPS) is 21.8. The number of methoxy groups -OCH3 is 2. The highest BCUT2D eigenvalue weighted by molar-refractivity contribution is 5.81.